The molecule has 8 nitrogen and oxygen atoms in total. The van der Waals surface area contributed by atoms with Crippen molar-refractivity contribution in [2.24, 2.45) is 0 Å². The molecule has 0 aliphatic heterocycles. The highest BCUT2D eigenvalue weighted by molar-refractivity contribution is 5.93. The number of hydrogen-bond donors (Lipinski definition) is 0. The molecule has 0 aromatic heterocycles. The van der Waals surface area contributed by atoms with E-state index in [0.717, 1.165) is 50.5 Å². The quantitative estimate of drug-likeness (QED) is 0.0647. The van der Waals surface area contributed by atoms with Crippen LogP contribution >= 0.6 is 0 Å². The molecule has 3 aromatic rings. The predicted molar refractivity (Wildman–Crippen MR) is 149 cm³/mol. The minimum atomic E-state index is -0.775. The lowest BCUT2D eigenvalue weighted by Gasteiger charge is -2.09. The van der Waals surface area contributed by atoms with Crippen LogP contribution in [0.4, 0.5) is 5.69 Å². The van der Waals surface area contributed by atoms with Crippen LogP contribution in [0, 0.1) is 10.1 Å². The van der Waals surface area contributed by atoms with Crippen molar-refractivity contribution >= 4 is 17.6 Å². The molecule has 0 amide bonds. The third kappa shape index (κ3) is 9.25. The summed E-state index contributed by atoms with van der Waals surface area (Å²) in [7, 11) is 0. The van der Waals surface area contributed by atoms with Gasteiger partial charge in [-0.25, -0.2) is 9.59 Å². The standard InChI is InChI=1S/C31H35NO7/c1-3-5-7-8-9-21-37-27-19-20-29(28(22-27)32(35)36)39-31(34)25-15-17-26(18-16-25)38-30(33)24-13-11-23(12-14-24)10-6-4-2/h11-20,22H,3-10,21H2,1-2H3. The van der Waals surface area contributed by atoms with Gasteiger partial charge in [0.25, 0.3) is 0 Å². The predicted octanol–water partition coefficient (Wildman–Crippen LogP) is 7.73. The van der Waals surface area contributed by atoms with Gasteiger partial charge in [-0.1, -0.05) is 58.1 Å². The Kier molecular flexibility index (Phi) is 11.5. The maximum atomic E-state index is 12.6. The first-order valence-corrected chi connectivity index (χ1v) is 13.5. The maximum Gasteiger partial charge on any atom is 0.343 e. The number of hydrogen-bond acceptors (Lipinski definition) is 7. The fourth-order valence-electron chi connectivity index (χ4n) is 3.88. The smallest absolute Gasteiger partial charge is 0.343 e. The monoisotopic (exact) mass is 533 g/mol. The molecule has 8 heteroatoms. The Bertz CT molecular complexity index is 1240. The molecule has 0 unspecified atom stereocenters. The summed E-state index contributed by atoms with van der Waals surface area (Å²) in [5.74, 6) is -0.861. The Labute approximate surface area is 229 Å². The molecule has 206 valence electrons. The molecule has 0 fully saturated rings. The molecule has 3 aromatic carbocycles. The van der Waals surface area contributed by atoms with Crippen molar-refractivity contribution < 1.29 is 28.7 Å². The molecule has 0 radical (unpaired) electrons. The lowest BCUT2D eigenvalue weighted by molar-refractivity contribution is -0.385. The number of nitro benzene ring substituents is 1. The van der Waals surface area contributed by atoms with Crippen LogP contribution in [-0.4, -0.2) is 23.5 Å². The minimum absolute atomic E-state index is 0.150. The van der Waals surface area contributed by atoms with Crippen molar-refractivity contribution in [3.63, 3.8) is 0 Å². The van der Waals surface area contributed by atoms with E-state index in [9.17, 15) is 19.7 Å². The fraction of sp³-hybridized carbons (Fsp3) is 0.355. The largest absolute Gasteiger partial charge is 0.493 e. The second kappa shape index (κ2) is 15.3. The molecule has 0 atom stereocenters. The molecule has 0 N–H and O–H groups in total. The highest BCUT2D eigenvalue weighted by atomic mass is 16.6. The summed E-state index contributed by atoms with van der Waals surface area (Å²) in [5, 5.41) is 11.6. The van der Waals surface area contributed by atoms with Crippen LogP contribution in [0.25, 0.3) is 0 Å². The Hall–Kier alpha value is -4.20. The molecule has 3 rings (SSSR count). The van der Waals surface area contributed by atoms with Gasteiger partial charge in [0.1, 0.15) is 11.5 Å². The van der Waals surface area contributed by atoms with E-state index in [0.29, 0.717) is 17.9 Å². The molecule has 0 aliphatic rings. The van der Waals surface area contributed by atoms with E-state index in [1.165, 1.54) is 42.8 Å². The molecule has 0 spiro atoms. The summed E-state index contributed by atoms with van der Waals surface area (Å²) in [5.41, 5.74) is 1.38. The van der Waals surface area contributed by atoms with E-state index >= 15 is 0 Å². The van der Waals surface area contributed by atoms with E-state index < -0.39 is 16.9 Å². The number of esters is 2. The van der Waals surface area contributed by atoms with Gasteiger partial charge >= 0.3 is 17.6 Å². The number of carbonyl (C=O) groups is 2. The number of nitrogens with zero attached hydrogens (tertiary/aromatic N) is 1. The number of aryl methyl sites for hydroxylation is 1. The number of carbonyl (C=O) groups excluding carboxylic acids is 2. The van der Waals surface area contributed by atoms with Crippen LogP contribution in [-0.2, 0) is 6.42 Å². The van der Waals surface area contributed by atoms with Crippen LogP contribution in [0.5, 0.6) is 17.2 Å². The average Bonchev–Trinajstić information content (AvgIpc) is 2.95. The lowest BCUT2D eigenvalue weighted by atomic mass is 10.1. The highest BCUT2D eigenvalue weighted by Crippen LogP contribution is 2.32. The van der Waals surface area contributed by atoms with Crippen molar-refractivity contribution in [3.8, 4) is 17.2 Å². The van der Waals surface area contributed by atoms with E-state index in [1.54, 1.807) is 18.2 Å². The Balaban J connectivity index is 1.57. The topological polar surface area (TPSA) is 105 Å². The first kappa shape index (κ1) is 29.4. The van der Waals surface area contributed by atoms with E-state index in [1.807, 2.05) is 12.1 Å². The van der Waals surface area contributed by atoms with Crippen molar-refractivity contribution in [1.29, 1.82) is 0 Å². The summed E-state index contributed by atoms with van der Waals surface area (Å²) in [6, 6.07) is 17.2. The second-order valence-electron chi connectivity index (χ2n) is 9.25. The van der Waals surface area contributed by atoms with Crippen LogP contribution in [0.3, 0.4) is 0 Å². The van der Waals surface area contributed by atoms with Crippen LogP contribution < -0.4 is 14.2 Å². The van der Waals surface area contributed by atoms with Crippen LogP contribution in [0.2, 0.25) is 0 Å². The molecular formula is C31H35NO7. The SMILES string of the molecule is CCCCCCCOc1ccc(OC(=O)c2ccc(OC(=O)c3ccc(CCCC)cc3)cc2)c([N+](=O)[O-])c1. The van der Waals surface area contributed by atoms with Gasteiger partial charge in [0.15, 0.2) is 0 Å². The Morgan fingerprint density at radius 1 is 0.718 bits per heavy atom. The number of rotatable bonds is 15. The van der Waals surface area contributed by atoms with Gasteiger partial charge in [-0.05, 0) is 73.4 Å². The van der Waals surface area contributed by atoms with Gasteiger partial charge in [-0.15, -0.1) is 0 Å². The van der Waals surface area contributed by atoms with E-state index in [-0.39, 0.29) is 22.7 Å². The number of ether oxygens (including phenoxy) is 3. The molecule has 0 aliphatic carbocycles. The van der Waals surface area contributed by atoms with Crippen molar-refractivity contribution in [2.45, 2.75) is 65.2 Å². The Morgan fingerprint density at radius 3 is 1.95 bits per heavy atom. The summed E-state index contributed by atoms with van der Waals surface area (Å²) in [4.78, 5) is 36.1. The molecular weight excluding hydrogens is 498 g/mol. The summed E-state index contributed by atoms with van der Waals surface area (Å²) in [6.07, 6.45) is 8.51. The van der Waals surface area contributed by atoms with Gasteiger partial charge < -0.3 is 14.2 Å². The van der Waals surface area contributed by atoms with E-state index in [4.69, 9.17) is 14.2 Å². The van der Waals surface area contributed by atoms with Crippen molar-refractivity contribution in [3.05, 3.63) is 93.5 Å². The third-order valence-electron chi connectivity index (χ3n) is 6.16. The molecule has 39 heavy (non-hydrogen) atoms. The zero-order valence-corrected chi connectivity index (χ0v) is 22.5. The van der Waals surface area contributed by atoms with Crippen LogP contribution in [0.15, 0.2) is 66.7 Å². The van der Waals surface area contributed by atoms with Gasteiger partial charge in [-0.2, -0.15) is 0 Å². The summed E-state index contributed by atoms with van der Waals surface area (Å²) in [6.45, 7) is 4.73. The molecule has 0 saturated heterocycles. The summed E-state index contributed by atoms with van der Waals surface area (Å²) >= 11 is 0. The maximum absolute atomic E-state index is 12.6. The molecule has 0 bridgehead atoms. The van der Waals surface area contributed by atoms with Crippen LogP contribution in [0.1, 0.15) is 85.1 Å². The van der Waals surface area contributed by atoms with Gasteiger partial charge in [0.2, 0.25) is 5.75 Å². The molecule has 0 heterocycles. The normalized spacial score (nSPS) is 10.6. The zero-order chi connectivity index (χ0) is 28.0. The Morgan fingerprint density at radius 2 is 1.31 bits per heavy atom. The minimum Gasteiger partial charge on any atom is -0.493 e. The fourth-order valence-corrected chi connectivity index (χ4v) is 3.88. The highest BCUT2D eigenvalue weighted by Gasteiger charge is 2.21. The summed E-state index contributed by atoms with van der Waals surface area (Å²) < 4.78 is 16.3. The average molecular weight is 534 g/mol. The molecule has 0 saturated carbocycles. The zero-order valence-electron chi connectivity index (χ0n) is 22.5. The van der Waals surface area contributed by atoms with Gasteiger partial charge in [0, 0.05) is 0 Å². The van der Waals surface area contributed by atoms with Crippen molar-refractivity contribution in [2.75, 3.05) is 6.61 Å². The lowest BCUT2D eigenvalue weighted by Crippen LogP contribution is -2.11. The number of benzene rings is 3. The third-order valence-corrected chi connectivity index (χ3v) is 6.16. The van der Waals surface area contributed by atoms with Gasteiger partial charge in [0.05, 0.1) is 28.7 Å². The number of nitro groups is 1. The van der Waals surface area contributed by atoms with Crippen molar-refractivity contribution in [1.82, 2.24) is 0 Å². The number of unbranched alkanes of at least 4 members (excludes halogenated alkanes) is 5. The first-order chi connectivity index (χ1) is 18.9. The first-order valence-electron chi connectivity index (χ1n) is 13.5. The van der Waals surface area contributed by atoms with Gasteiger partial charge in [-0.3, -0.25) is 10.1 Å². The van der Waals surface area contributed by atoms with E-state index in [2.05, 4.69) is 13.8 Å². The second-order valence-corrected chi connectivity index (χ2v) is 9.25.